The Morgan fingerprint density at radius 3 is 2.75 bits per heavy atom. The zero-order valence-electron chi connectivity index (χ0n) is 15.5. The summed E-state index contributed by atoms with van der Waals surface area (Å²) in [5, 5.41) is 7.70. The Hall–Kier alpha value is -3.41. The van der Waals surface area contributed by atoms with Gasteiger partial charge in [-0.25, -0.2) is 4.68 Å². The number of Topliss-reactive ketones (excluding diaryl/α,β-unsaturated/α-hetero) is 1. The normalized spacial score (nSPS) is 21.0. The quantitative estimate of drug-likeness (QED) is 0.741. The van der Waals surface area contributed by atoms with E-state index in [4.69, 9.17) is 4.74 Å². The maximum atomic E-state index is 12.9. The van der Waals surface area contributed by atoms with Gasteiger partial charge in [-0.2, -0.15) is 10.1 Å². The summed E-state index contributed by atoms with van der Waals surface area (Å²) in [6.45, 7) is 2.10. The number of hydrogen-bond acceptors (Lipinski definition) is 5. The lowest BCUT2D eigenvalue weighted by atomic mass is 9.81. The molecule has 0 bridgehead atoms. The van der Waals surface area contributed by atoms with Gasteiger partial charge in [0.25, 0.3) is 0 Å². The number of anilines is 1. The molecule has 2 aliphatic rings. The number of ketones is 1. The van der Waals surface area contributed by atoms with Gasteiger partial charge in [0.15, 0.2) is 5.78 Å². The van der Waals surface area contributed by atoms with Crippen LogP contribution in [0, 0.1) is 5.92 Å². The van der Waals surface area contributed by atoms with Crippen molar-refractivity contribution < 1.29 is 9.53 Å². The molecular weight excluding hydrogens is 352 g/mol. The zero-order chi connectivity index (χ0) is 19.1. The molecule has 6 heteroatoms. The third kappa shape index (κ3) is 2.87. The van der Waals surface area contributed by atoms with E-state index in [-0.39, 0.29) is 11.8 Å². The van der Waals surface area contributed by atoms with Crippen LogP contribution in [-0.2, 0) is 4.79 Å². The smallest absolute Gasteiger partial charge is 0.226 e. The highest BCUT2D eigenvalue weighted by atomic mass is 16.5. The van der Waals surface area contributed by atoms with Crippen LogP contribution in [0.25, 0.3) is 0 Å². The maximum Gasteiger partial charge on any atom is 0.226 e. The van der Waals surface area contributed by atoms with E-state index in [0.29, 0.717) is 18.3 Å². The van der Waals surface area contributed by atoms with Gasteiger partial charge in [-0.3, -0.25) is 4.79 Å². The molecule has 6 nitrogen and oxygen atoms in total. The Kier molecular flexibility index (Phi) is 3.97. The Morgan fingerprint density at radius 2 is 1.89 bits per heavy atom. The number of ether oxygens (including phenoxy) is 1. The second kappa shape index (κ2) is 6.64. The number of benzene rings is 2. The SMILES string of the molecule is C[C@@H]1CC(=O)C2=C(C1)Nc1ncnn1[C@@H]2c1cccc(Oc2ccccc2)c1. The number of aromatic nitrogens is 3. The minimum atomic E-state index is -0.298. The van der Waals surface area contributed by atoms with Crippen molar-refractivity contribution in [1.82, 2.24) is 14.8 Å². The molecule has 0 radical (unpaired) electrons. The van der Waals surface area contributed by atoms with Crippen molar-refractivity contribution in [3.63, 3.8) is 0 Å². The molecule has 0 saturated heterocycles. The van der Waals surface area contributed by atoms with E-state index in [2.05, 4.69) is 22.3 Å². The lowest BCUT2D eigenvalue weighted by Crippen LogP contribution is -2.33. The van der Waals surface area contributed by atoms with E-state index in [1.807, 2.05) is 54.6 Å². The predicted molar refractivity (Wildman–Crippen MR) is 105 cm³/mol. The summed E-state index contributed by atoms with van der Waals surface area (Å²) < 4.78 is 7.78. The molecule has 0 spiro atoms. The zero-order valence-corrected chi connectivity index (χ0v) is 15.5. The molecule has 0 saturated carbocycles. The molecule has 0 unspecified atom stereocenters. The highest BCUT2D eigenvalue weighted by Gasteiger charge is 2.37. The van der Waals surface area contributed by atoms with Gasteiger partial charge in [0.1, 0.15) is 23.9 Å². The summed E-state index contributed by atoms with van der Waals surface area (Å²) in [7, 11) is 0. The second-order valence-electron chi connectivity index (χ2n) is 7.37. The van der Waals surface area contributed by atoms with Crippen LogP contribution >= 0.6 is 0 Å². The second-order valence-corrected chi connectivity index (χ2v) is 7.37. The Balaban J connectivity index is 1.58. The fourth-order valence-corrected chi connectivity index (χ4v) is 4.03. The molecule has 1 aromatic heterocycles. The Morgan fingerprint density at radius 1 is 1.07 bits per heavy atom. The van der Waals surface area contributed by atoms with Gasteiger partial charge in [-0.1, -0.05) is 37.3 Å². The third-order valence-electron chi connectivity index (χ3n) is 5.22. The van der Waals surface area contributed by atoms with Gasteiger partial charge in [0.05, 0.1) is 0 Å². The molecule has 3 aromatic rings. The van der Waals surface area contributed by atoms with Crippen LogP contribution in [0.4, 0.5) is 5.95 Å². The van der Waals surface area contributed by atoms with E-state index in [1.165, 1.54) is 6.33 Å². The summed E-state index contributed by atoms with van der Waals surface area (Å²) >= 11 is 0. The van der Waals surface area contributed by atoms with Crippen molar-refractivity contribution >= 4 is 11.7 Å². The largest absolute Gasteiger partial charge is 0.457 e. The highest BCUT2D eigenvalue weighted by molar-refractivity contribution is 5.99. The first-order chi connectivity index (χ1) is 13.7. The number of hydrogen-bond donors (Lipinski definition) is 1. The lowest BCUT2D eigenvalue weighted by molar-refractivity contribution is -0.117. The van der Waals surface area contributed by atoms with Crippen LogP contribution in [0.1, 0.15) is 31.4 Å². The van der Waals surface area contributed by atoms with Gasteiger partial charge >= 0.3 is 0 Å². The fourth-order valence-electron chi connectivity index (χ4n) is 4.03. The van der Waals surface area contributed by atoms with E-state index in [1.54, 1.807) is 4.68 Å². The van der Waals surface area contributed by atoms with E-state index >= 15 is 0 Å². The third-order valence-corrected chi connectivity index (χ3v) is 5.22. The fraction of sp³-hybridized carbons (Fsp3) is 0.227. The lowest BCUT2D eigenvalue weighted by Gasteiger charge is -2.34. The minimum Gasteiger partial charge on any atom is -0.457 e. The number of rotatable bonds is 3. The number of para-hydroxylation sites is 1. The minimum absolute atomic E-state index is 0.168. The van der Waals surface area contributed by atoms with Gasteiger partial charge in [-0.05, 0) is 42.2 Å². The molecule has 2 atom stereocenters. The van der Waals surface area contributed by atoms with Crippen molar-refractivity contribution in [3.05, 3.63) is 77.8 Å². The molecule has 28 heavy (non-hydrogen) atoms. The van der Waals surface area contributed by atoms with Gasteiger partial charge in [-0.15, -0.1) is 0 Å². The summed E-state index contributed by atoms with van der Waals surface area (Å²) in [6.07, 6.45) is 2.91. The van der Waals surface area contributed by atoms with E-state index in [0.717, 1.165) is 34.8 Å². The van der Waals surface area contributed by atoms with Crippen LogP contribution in [-0.4, -0.2) is 20.5 Å². The molecule has 1 aliphatic heterocycles. The highest BCUT2D eigenvalue weighted by Crippen LogP contribution is 2.41. The molecule has 0 fully saturated rings. The Labute approximate surface area is 162 Å². The first-order valence-electron chi connectivity index (χ1n) is 9.44. The number of nitrogens with zero attached hydrogens (tertiary/aromatic N) is 3. The summed E-state index contributed by atoms with van der Waals surface area (Å²) in [4.78, 5) is 17.3. The van der Waals surface area contributed by atoms with Crippen LogP contribution in [0.15, 0.2) is 72.2 Å². The monoisotopic (exact) mass is 372 g/mol. The van der Waals surface area contributed by atoms with Crippen LogP contribution < -0.4 is 10.1 Å². The van der Waals surface area contributed by atoms with Gasteiger partial charge in [0.2, 0.25) is 5.95 Å². The summed E-state index contributed by atoms with van der Waals surface area (Å²) in [5.41, 5.74) is 2.70. The van der Waals surface area contributed by atoms with Crippen molar-refractivity contribution in [1.29, 1.82) is 0 Å². The first kappa shape index (κ1) is 16.7. The van der Waals surface area contributed by atoms with Crippen molar-refractivity contribution in [2.45, 2.75) is 25.8 Å². The number of carbonyl (C=O) groups is 1. The molecule has 2 aromatic carbocycles. The topological polar surface area (TPSA) is 69.0 Å². The first-order valence-corrected chi connectivity index (χ1v) is 9.44. The number of carbonyl (C=O) groups excluding carboxylic acids is 1. The van der Waals surface area contributed by atoms with E-state index in [9.17, 15) is 4.79 Å². The Bertz CT molecular complexity index is 1070. The van der Waals surface area contributed by atoms with E-state index < -0.39 is 0 Å². The number of fused-ring (bicyclic) bond motifs is 1. The average molecular weight is 372 g/mol. The van der Waals surface area contributed by atoms with Crippen molar-refractivity contribution in [2.24, 2.45) is 5.92 Å². The van der Waals surface area contributed by atoms with Crippen LogP contribution in [0.3, 0.4) is 0 Å². The van der Waals surface area contributed by atoms with Gasteiger partial charge < -0.3 is 10.1 Å². The summed E-state index contributed by atoms with van der Waals surface area (Å²) in [5.74, 6) is 2.65. The molecule has 5 rings (SSSR count). The average Bonchev–Trinajstić information content (AvgIpc) is 3.15. The molecule has 140 valence electrons. The van der Waals surface area contributed by atoms with Crippen LogP contribution in [0.5, 0.6) is 11.5 Å². The molecule has 1 aliphatic carbocycles. The standard InChI is InChI=1S/C22H20N4O2/c1-14-10-18-20(19(27)11-14)21(26-22(25-18)23-13-24-26)15-6-5-9-17(12-15)28-16-7-3-2-4-8-16/h2-9,12-14,21H,10-11H2,1H3,(H,23,24,25)/t14-,21+/m0/s1. The maximum absolute atomic E-state index is 12.9. The number of allylic oxidation sites excluding steroid dienone is 2. The van der Waals surface area contributed by atoms with Crippen molar-refractivity contribution in [3.8, 4) is 11.5 Å². The summed E-state index contributed by atoms with van der Waals surface area (Å²) in [6, 6.07) is 17.2. The molecule has 2 heterocycles. The van der Waals surface area contributed by atoms with Crippen molar-refractivity contribution in [2.75, 3.05) is 5.32 Å². The molecule has 0 amide bonds. The predicted octanol–water partition coefficient (Wildman–Crippen LogP) is 4.34. The molecule has 1 N–H and O–H groups in total. The van der Waals surface area contributed by atoms with Crippen LogP contribution in [0.2, 0.25) is 0 Å². The van der Waals surface area contributed by atoms with Gasteiger partial charge in [0, 0.05) is 17.7 Å². The molecular formula is C22H20N4O2. The number of nitrogens with one attached hydrogen (secondary N) is 1.